The van der Waals surface area contributed by atoms with E-state index in [0.29, 0.717) is 24.1 Å². The molecule has 49 heavy (non-hydrogen) atoms. The van der Waals surface area contributed by atoms with E-state index >= 15 is 0 Å². The second kappa shape index (κ2) is 14.4. The van der Waals surface area contributed by atoms with Crippen LogP contribution in [0.5, 0.6) is 0 Å². The first kappa shape index (κ1) is 33.0. The van der Waals surface area contributed by atoms with Gasteiger partial charge in [-0.15, -0.1) is 0 Å². The minimum absolute atomic E-state index is 0.0148. The third-order valence-corrected chi connectivity index (χ3v) is 8.79. The lowest BCUT2D eigenvalue weighted by Gasteiger charge is -2.27. The van der Waals surface area contributed by atoms with E-state index in [4.69, 9.17) is 0 Å². The van der Waals surface area contributed by atoms with Gasteiger partial charge in [-0.05, 0) is 35.2 Å². The number of amides is 3. The highest BCUT2D eigenvalue weighted by molar-refractivity contribution is 5.96. The molecule has 6 rings (SSSR count). The number of hydrogen-bond acceptors (Lipinski definition) is 6. The molecule has 0 fully saturated rings. The number of nitrogens with one attached hydrogen (secondary N) is 6. The first-order valence-electron chi connectivity index (χ1n) is 15.9. The Hall–Kier alpha value is -5.95. The molecule has 3 amide bonds. The Morgan fingerprint density at radius 2 is 1.39 bits per heavy atom. The molecule has 252 valence electrons. The number of H-pyrrole nitrogens is 2. The van der Waals surface area contributed by atoms with Crippen LogP contribution >= 0.6 is 0 Å². The zero-order valence-corrected chi connectivity index (χ0v) is 26.4. The fourth-order valence-electron chi connectivity index (χ4n) is 6.31. The number of carbonyl (C=O) groups excluding carboxylic acids is 3. The number of rotatable bonds is 13. The SMILES string of the molecule is O=C(O)C[C@H](NC(=O)[C@@H]1Cc2c([nH]c3ccccc23)CN1)C(=O)N[C@@H](Cc1ccccc1)C(=O)N[C@@H](Cc1c[nH]c2ccccc12)C(=O)O. The van der Waals surface area contributed by atoms with Crippen molar-refractivity contribution < 1.29 is 34.2 Å². The van der Waals surface area contributed by atoms with Gasteiger partial charge in [0.2, 0.25) is 17.7 Å². The Balaban J connectivity index is 1.18. The summed E-state index contributed by atoms with van der Waals surface area (Å²) in [5.41, 5.74) is 5.03. The van der Waals surface area contributed by atoms with Crippen molar-refractivity contribution in [3.05, 3.63) is 107 Å². The second-order valence-electron chi connectivity index (χ2n) is 12.1. The fraction of sp³-hybridized carbons (Fsp3) is 0.250. The summed E-state index contributed by atoms with van der Waals surface area (Å²) in [5.74, 6) is -4.82. The van der Waals surface area contributed by atoms with E-state index in [1.165, 1.54) is 0 Å². The van der Waals surface area contributed by atoms with E-state index in [-0.39, 0.29) is 12.8 Å². The smallest absolute Gasteiger partial charge is 0.326 e. The lowest BCUT2D eigenvalue weighted by molar-refractivity contribution is -0.143. The quantitative estimate of drug-likeness (QED) is 0.0934. The van der Waals surface area contributed by atoms with Gasteiger partial charge < -0.3 is 36.1 Å². The molecule has 0 bridgehead atoms. The Morgan fingerprint density at radius 3 is 2.12 bits per heavy atom. The average molecular weight is 665 g/mol. The van der Waals surface area contributed by atoms with E-state index in [1.54, 1.807) is 36.5 Å². The molecule has 8 N–H and O–H groups in total. The van der Waals surface area contributed by atoms with Crippen LogP contribution in [0.1, 0.15) is 28.8 Å². The summed E-state index contributed by atoms with van der Waals surface area (Å²) in [6.45, 7) is 0.376. The lowest BCUT2D eigenvalue weighted by atomic mass is 9.97. The lowest BCUT2D eigenvalue weighted by Crippen LogP contribution is -2.59. The predicted octanol–water partition coefficient (Wildman–Crippen LogP) is 2.16. The molecule has 0 unspecified atom stereocenters. The highest BCUT2D eigenvalue weighted by Gasteiger charge is 2.34. The molecule has 13 nitrogen and oxygen atoms in total. The fourth-order valence-corrected chi connectivity index (χ4v) is 6.31. The number of aliphatic carboxylic acids is 2. The number of para-hydroxylation sites is 2. The Bertz CT molecular complexity index is 2020. The minimum Gasteiger partial charge on any atom is -0.481 e. The van der Waals surface area contributed by atoms with Crippen molar-refractivity contribution in [2.45, 2.75) is 56.4 Å². The first-order chi connectivity index (χ1) is 23.7. The van der Waals surface area contributed by atoms with Crippen molar-refractivity contribution >= 4 is 51.5 Å². The Kier molecular flexibility index (Phi) is 9.72. The van der Waals surface area contributed by atoms with Crippen LogP contribution in [0.4, 0.5) is 0 Å². The van der Waals surface area contributed by atoms with Gasteiger partial charge in [0.05, 0.1) is 12.5 Å². The normalized spacial score (nSPS) is 15.9. The zero-order valence-electron chi connectivity index (χ0n) is 26.4. The summed E-state index contributed by atoms with van der Waals surface area (Å²) in [7, 11) is 0. The molecular weight excluding hydrogens is 628 g/mol. The average Bonchev–Trinajstić information content (AvgIpc) is 3.68. The molecule has 5 aromatic rings. The van der Waals surface area contributed by atoms with Gasteiger partial charge in [-0.25, -0.2) is 4.79 Å². The van der Waals surface area contributed by atoms with Crippen LogP contribution in [0.15, 0.2) is 85.1 Å². The monoisotopic (exact) mass is 664 g/mol. The number of carboxylic acid groups (broad SMARTS) is 2. The molecule has 4 atom stereocenters. The van der Waals surface area contributed by atoms with Crippen molar-refractivity contribution in [2.24, 2.45) is 0 Å². The summed E-state index contributed by atoms with van der Waals surface area (Å²) < 4.78 is 0. The summed E-state index contributed by atoms with van der Waals surface area (Å²) in [6, 6.07) is 19.0. The van der Waals surface area contributed by atoms with Crippen molar-refractivity contribution in [1.29, 1.82) is 0 Å². The molecule has 0 spiro atoms. The van der Waals surface area contributed by atoms with Gasteiger partial charge in [0.15, 0.2) is 0 Å². The van der Waals surface area contributed by atoms with E-state index in [9.17, 15) is 34.2 Å². The molecule has 0 radical (unpaired) electrons. The van der Waals surface area contributed by atoms with Gasteiger partial charge in [0.25, 0.3) is 0 Å². The molecule has 3 heterocycles. The van der Waals surface area contributed by atoms with E-state index in [2.05, 4.69) is 31.2 Å². The standard InChI is InChI=1S/C36H36N6O7/c43-32(44)17-29(41-33(45)27-16-24-23-11-5-7-13-26(23)39-31(24)19-38-27)35(47)40-28(14-20-8-2-1-3-9-20)34(46)42-30(36(48)49)15-21-18-37-25-12-6-4-10-22(21)25/h1-13,18,27-30,37-39H,14-17,19H2,(H,40,47)(H,41,45)(H,42,46)(H,43,44)(H,48,49)/t27-,28-,29-,30-/m0/s1. The van der Waals surface area contributed by atoms with Crippen LogP contribution < -0.4 is 21.3 Å². The maximum Gasteiger partial charge on any atom is 0.326 e. The zero-order chi connectivity index (χ0) is 34.5. The molecule has 13 heteroatoms. The van der Waals surface area contributed by atoms with Gasteiger partial charge in [-0.3, -0.25) is 24.5 Å². The maximum absolute atomic E-state index is 13.7. The van der Waals surface area contributed by atoms with Crippen LogP contribution in [-0.4, -0.2) is 74.0 Å². The van der Waals surface area contributed by atoms with Crippen molar-refractivity contribution in [3.8, 4) is 0 Å². The van der Waals surface area contributed by atoms with E-state index in [0.717, 1.165) is 33.1 Å². The van der Waals surface area contributed by atoms with Crippen molar-refractivity contribution in [1.82, 2.24) is 31.2 Å². The van der Waals surface area contributed by atoms with E-state index < -0.39 is 60.2 Å². The highest BCUT2D eigenvalue weighted by Crippen LogP contribution is 2.26. The highest BCUT2D eigenvalue weighted by atomic mass is 16.4. The number of benzene rings is 3. The molecule has 0 aliphatic carbocycles. The van der Waals surface area contributed by atoms with E-state index in [1.807, 2.05) is 48.5 Å². The van der Waals surface area contributed by atoms with Gasteiger partial charge in [0.1, 0.15) is 18.1 Å². The first-order valence-corrected chi connectivity index (χ1v) is 15.9. The van der Waals surface area contributed by atoms with Gasteiger partial charge in [-0.2, -0.15) is 0 Å². The van der Waals surface area contributed by atoms with Crippen LogP contribution in [0.25, 0.3) is 21.8 Å². The van der Waals surface area contributed by atoms with Crippen molar-refractivity contribution in [2.75, 3.05) is 0 Å². The second-order valence-corrected chi connectivity index (χ2v) is 12.1. The molecule has 3 aromatic carbocycles. The molecule has 2 aromatic heterocycles. The topological polar surface area (TPSA) is 206 Å². The number of aromatic amines is 2. The molecular formula is C36H36N6O7. The number of hydrogen-bond donors (Lipinski definition) is 8. The number of fused-ring (bicyclic) bond motifs is 4. The summed E-state index contributed by atoms with van der Waals surface area (Å²) in [5, 5.41) is 32.3. The molecule has 1 aliphatic rings. The predicted molar refractivity (Wildman–Crippen MR) is 180 cm³/mol. The Morgan fingerprint density at radius 1 is 0.735 bits per heavy atom. The largest absolute Gasteiger partial charge is 0.481 e. The summed E-state index contributed by atoms with van der Waals surface area (Å²) in [6.07, 6.45) is 1.23. The van der Waals surface area contributed by atoms with Crippen molar-refractivity contribution in [3.63, 3.8) is 0 Å². The third kappa shape index (κ3) is 7.63. The van der Waals surface area contributed by atoms with Crippen LogP contribution in [0.2, 0.25) is 0 Å². The number of carboxylic acids is 2. The Labute approximate surface area is 280 Å². The maximum atomic E-state index is 13.7. The number of carbonyl (C=O) groups is 5. The molecule has 0 saturated carbocycles. The summed E-state index contributed by atoms with van der Waals surface area (Å²) >= 11 is 0. The molecule has 0 saturated heterocycles. The van der Waals surface area contributed by atoms with Gasteiger partial charge in [0, 0.05) is 53.1 Å². The minimum atomic E-state index is -1.51. The van der Waals surface area contributed by atoms with Crippen LogP contribution in [0, 0.1) is 0 Å². The molecule has 1 aliphatic heterocycles. The summed E-state index contributed by atoms with van der Waals surface area (Å²) in [4.78, 5) is 71.3. The van der Waals surface area contributed by atoms with Crippen LogP contribution in [-0.2, 0) is 49.8 Å². The third-order valence-electron chi connectivity index (χ3n) is 8.79. The van der Waals surface area contributed by atoms with Crippen LogP contribution in [0.3, 0.4) is 0 Å². The van der Waals surface area contributed by atoms with Gasteiger partial charge in [-0.1, -0.05) is 66.7 Å². The number of aromatic nitrogens is 2. The van der Waals surface area contributed by atoms with Gasteiger partial charge >= 0.3 is 11.9 Å².